The fourth-order valence-corrected chi connectivity index (χ4v) is 4.41. The Morgan fingerprint density at radius 3 is 1.10 bits per heavy atom. The molecule has 0 saturated carbocycles. The van der Waals surface area contributed by atoms with E-state index in [4.69, 9.17) is 0 Å². The van der Waals surface area contributed by atoms with Crippen molar-refractivity contribution in [1.82, 2.24) is 0 Å². The van der Waals surface area contributed by atoms with Crippen molar-refractivity contribution in [3.8, 4) is 0 Å². The Morgan fingerprint density at radius 2 is 0.968 bits per heavy atom. The van der Waals surface area contributed by atoms with Gasteiger partial charge < -0.3 is 19.8 Å². The third-order valence-corrected chi connectivity index (χ3v) is 6.12. The number of hydrogen-bond acceptors (Lipinski definition) is 8. The standard InChI is InChI=1S/2C6H8O4.2C5H5.Ti/c2*1-3(7)5(4(2)8)6(9)10;2*1-2-4-5-3-1;/h2*5H,1-2H3,(H,9,10);2*1-3H,4H2;/q;;;;+2/p-2. The molecule has 0 atom stereocenters. The third-order valence-electron chi connectivity index (χ3n) is 3.96. The number of carboxylic acid groups (broad SMARTS) is 2. The molecule has 0 N–H and O–H groups in total. The summed E-state index contributed by atoms with van der Waals surface area (Å²) in [4.78, 5) is 61.6. The van der Waals surface area contributed by atoms with Gasteiger partial charge in [-0.1, -0.05) is 0 Å². The Balaban J connectivity index is 0.000000437. The molecule has 164 valence electrons. The number of carbonyl (C=O) groups is 6. The number of aliphatic carboxylic acids is 2. The first-order valence-electron chi connectivity index (χ1n) is 9.30. The molecule has 0 bridgehead atoms. The molecule has 0 spiro atoms. The molecule has 0 aromatic carbocycles. The topological polar surface area (TPSA) is 149 Å². The van der Waals surface area contributed by atoms with Crippen LogP contribution in [0.4, 0.5) is 0 Å². The van der Waals surface area contributed by atoms with E-state index in [-0.39, 0.29) is 19.2 Å². The maximum Gasteiger partial charge on any atom is 0.145 e. The van der Waals surface area contributed by atoms with Crippen LogP contribution in [-0.4, -0.2) is 35.1 Å². The van der Waals surface area contributed by atoms with Crippen molar-refractivity contribution in [3.63, 3.8) is 0 Å². The van der Waals surface area contributed by atoms with E-state index in [1.165, 1.54) is 12.8 Å². The molecule has 0 aromatic rings. The summed E-state index contributed by atoms with van der Waals surface area (Å²) < 4.78 is 3.36. The van der Waals surface area contributed by atoms with Crippen LogP contribution in [0.3, 0.4) is 0 Å². The quantitative estimate of drug-likeness (QED) is 0.355. The molecule has 2 aliphatic rings. The van der Waals surface area contributed by atoms with E-state index in [0.717, 1.165) is 27.7 Å². The second kappa shape index (κ2) is 14.3. The van der Waals surface area contributed by atoms with E-state index in [1.807, 2.05) is 0 Å². The van der Waals surface area contributed by atoms with Crippen LogP contribution in [0.2, 0.25) is 0 Å². The smallest absolute Gasteiger partial charge is 0.145 e. The van der Waals surface area contributed by atoms with Crippen LogP contribution < -0.4 is 10.2 Å². The molecule has 0 radical (unpaired) electrons. The van der Waals surface area contributed by atoms with E-state index >= 15 is 0 Å². The van der Waals surface area contributed by atoms with Gasteiger partial charge in [0.2, 0.25) is 0 Å². The van der Waals surface area contributed by atoms with Crippen LogP contribution in [-0.2, 0) is 47.9 Å². The van der Waals surface area contributed by atoms with Crippen molar-refractivity contribution in [2.75, 3.05) is 0 Å². The predicted octanol–water partition coefficient (Wildman–Crippen LogP) is -0.182. The monoisotopic (exact) mass is 464 g/mol. The zero-order chi connectivity index (χ0) is 24.1. The van der Waals surface area contributed by atoms with Crippen LogP contribution in [0.1, 0.15) is 40.5 Å². The molecule has 2 aliphatic carbocycles. The molecule has 0 amide bonds. The maximum absolute atomic E-state index is 10.4. The molecule has 0 fully saturated rings. The maximum atomic E-state index is 10.4. The van der Waals surface area contributed by atoms with E-state index < -0.39 is 46.9 Å². The van der Waals surface area contributed by atoms with Gasteiger partial charge in [-0.2, -0.15) is 0 Å². The molecule has 0 aliphatic heterocycles. The molecule has 9 heteroatoms. The summed E-state index contributed by atoms with van der Waals surface area (Å²) in [5.41, 5.74) is 0. The van der Waals surface area contributed by atoms with Crippen LogP contribution >= 0.6 is 0 Å². The third kappa shape index (κ3) is 11.3. The number of ketones is 4. The SMILES string of the molecule is C1=CC[C]([Ti+2][C]2=CC=CC2)=C1.CC(=O)C(C(C)=O)C(=O)[O-].CC(=O)C(C(C)=O)C(=O)[O-]. The van der Waals surface area contributed by atoms with Crippen LogP contribution in [0, 0.1) is 11.8 Å². The molecule has 8 nitrogen and oxygen atoms in total. The number of carbonyl (C=O) groups excluding carboxylic acids is 6. The summed E-state index contributed by atoms with van der Waals surface area (Å²) in [6.07, 6.45) is 15.9. The van der Waals surface area contributed by atoms with Gasteiger partial charge in [-0.15, -0.1) is 0 Å². The Bertz CT molecular complexity index is 724. The van der Waals surface area contributed by atoms with Crippen molar-refractivity contribution in [1.29, 1.82) is 0 Å². The average Bonchev–Trinajstić information content (AvgIpc) is 3.28. The summed E-state index contributed by atoms with van der Waals surface area (Å²) in [6.45, 7) is 4.17. The first-order valence-corrected chi connectivity index (χ1v) is 10.9. The first kappa shape index (κ1) is 28.3. The van der Waals surface area contributed by atoms with Crippen molar-refractivity contribution in [2.24, 2.45) is 11.8 Å². The normalized spacial score (nSPS) is 13.2. The second-order valence-corrected chi connectivity index (χ2v) is 9.12. The van der Waals surface area contributed by atoms with Crippen molar-refractivity contribution in [3.05, 3.63) is 44.2 Å². The zero-order valence-corrected chi connectivity index (χ0v) is 19.4. The second-order valence-electron chi connectivity index (χ2n) is 6.72. The number of carboxylic acids is 2. The summed E-state index contributed by atoms with van der Waals surface area (Å²) in [7, 11) is 0. The predicted molar refractivity (Wildman–Crippen MR) is 103 cm³/mol. The first-order chi connectivity index (χ1) is 14.4. The molecule has 2 rings (SSSR count). The number of allylic oxidation sites excluding steroid dienone is 8. The van der Waals surface area contributed by atoms with Gasteiger partial charge in [-0.3, -0.25) is 19.2 Å². The van der Waals surface area contributed by atoms with Crippen molar-refractivity contribution >= 4 is 35.1 Å². The van der Waals surface area contributed by atoms with Gasteiger partial charge in [-0.05, 0) is 27.7 Å². The van der Waals surface area contributed by atoms with Crippen molar-refractivity contribution in [2.45, 2.75) is 40.5 Å². The molecule has 0 unspecified atom stereocenters. The summed E-state index contributed by atoms with van der Waals surface area (Å²) >= 11 is 0.0833. The molecular formula is C22H24O8Ti. The minimum absolute atomic E-state index is 0.0833. The van der Waals surface area contributed by atoms with E-state index in [9.17, 15) is 39.0 Å². The van der Waals surface area contributed by atoms with Crippen LogP contribution in [0.15, 0.2) is 44.2 Å². The fourth-order valence-electron chi connectivity index (χ4n) is 2.52. The van der Waals surface area contributed by atoms with Gasteiger partial charge in [0.05, 0.1) is 11.9 Å². The van der Waals surface area contributed by atoms with Crippen LogP contribution in [0.25, 0.3) is 0 Å². The van der Waals surface area contributed by atoms with Gasteiger partial charge in [0, 0.05) is 0 Å². The zero-order valence-electron chi connectivity index (χ0n) is 17.8. The summed E-state index contributed by atoms with van der Waals surface area (Å²) in [6, 6.07) is 0. The van der Waals surface area contributed by atoms with Gasteiger partial charge >= 0.3 is 76.2 Å². The average molecular weight is 464 g/mol. The fraction of sp³-hybridized carbons (Fsp3) is 0.364. The molecule has 31 heavy (non-hydrogen) atoms. The Morgan fingerprint density at radius 1 is 0.677 bits per heavy atom. The summed E-state index contributed by atoms with van der Waals surface area (Å²) in [5.74, 6) is -9.17. The Hall–Kier alpha value is -2.71. The number of Topliss-reactive ketones (excluding diaryl/α,β-unsaturated/α-hetero) is 4. The molecular weight excluding hydrogens is 440 g/mol. The number of hydrogen-bond donors (Lipinski definition) is 0. The van der Waals surface area contributed by atoms with Gasteiger partial charge in [0.25, 0.3) is 0 Å². The largest absolute Gasteiger partial charge is 0.549 e. The Labute approximate surface area is 189 Å². The Kier molecular flexibility index (Phi) is 13.1. The van der Waals surface area contributed by atoms with E-state index in [0.29, 0.717) is 0 Å². The van der Waals surface area contributed by atoms with Crippen molar-refractivity contribution < 1.29 is 58.1 Å². The molecule has 0 saturated heterocycles. The van der Waals surface area contributed by atoms with E-state index in [2.05, 4.69) is 36.5 Å². The van der Waals surface area contributed by atoms with E-state index in [1.54, 1.807) is 7.76 Å². The molecule has 0 heterocycles. The summed E-state index contributed by atoms with van der Waals surface area (Å²) in [5, 5.41) is 20.1. The van der Waals surface area contributed by atoms with Crippen LogP contribution in [0.5, 0.6) is 0 Å². The van der Waals surface area contributed by atoms with Gasteiger partial charge in [0.15, 0.2) is 0 Å². The minimum Gasteiger partial charge on any atom is -0.549 e. The minimum atomic E-state index is -1.62. The molecule has 0 aromatic heterocycles. The number of rotatable bonds is 8. The van der Waals surface area contributed by atoms with Gasteiger partial charge in [-0.25, -0.2) is 0 Å². The van der Waals surface area contributed by atoms with Gasteiger partial charge in [0.1, 0.15) is 35.0 Å².